The minimum Gasteiger partial charge on any atom is -0.390 e. The van der Waals surface area contributed by atoms with Crippen LogP contribution in [0.1, 0.15) is 32.3 Å². The Labute approximate surface area is 194 Å². The van der Waals surface area contributed by atoms with E-state index in [1.807, 2.05) is 56.3 Å². The lowest BCUT2D eigenvalue weighted by molar-refractivity contribution is -0.141. The summed E-state index contributed by atoms with van der Waals surface area (Å²) in [5.41, 5.74) is 6.33. The maximum absolute atomic E-state index is 13.1. The summed E-state index contributed by atoms with van der Waals surface area (Å²) in [5, 5.41) is 17.4. The van der Waals surface area contributed by atoms with Crippen molar-refractivity contribution in [2.45, 2.75) is 51.3 Å². The number of hydrogen-bond acceptors (Lipinski definition) is 5. The molecule has 1 heterocycles. The Morgan fingerprint density at radius 3 is 2.58 bits per heavy atom. The highest BCUT2D eigenvalue weighted by Crippen LogP contribution is 2.21. The van der Waals surface area contributed by atoms with Gasteiger partial charge in [-0.2, -0.15) is 0 Å². The third-order valence-electron chi connectivity index (χ3n) is 6.00. The fraction of sp³-hybridized carbons (Fsp3) is 0.480. The number of benzene rings is 2. The molecule has 33 heavy (non-hydrogen) atoms. The number of aliphatic hydroxyl groups excluding tert-OH is 1. The predicted octanol–water partition coefficient (Wildman–Crippen LogP) is 0.950. The second kappa shape index (κ2) is 11.2. The van der Waals surface area contributed by atoms with Gasteiger partial charge in [0.05, 0.1) is 6.10 Å². The predicted molar refractivity (Wildman–Crippen MR) is 127 cm³/mol. The first kappa shape index (κ1) is 24.7. The molecule has 1 aliphatic rings. The summed E-state index contributed by atoms with van der Waals surface area (Å²) in [7, 11) is 0. The average molecular weight is 455 g/mol. The van der Waals surface area contributed by atoms with Crippen LogP contribution in [0.4, 0.5) is 0 Å². The number of hydrogen-bond donors (Lipinski definition) is 4. The maximum atomic E-state index is 13.1. The van der Waals surface area contributed by atoms with Crippen molar-refractivity contribution in [2.24, 2.45) is 11.7 Å². The van der Waals surface area contributed by atoms with Crippen molar-refractivity contribution in [1.29, 1.82) is 0 Å². The highest BCUT2D eigenvalue weighted by molar-refractivity contribution is 5.93. The molecule has 1 aliphatic heterocycles. The highest BCUT2D eigenvalue weighted by atomic mass is 16.3. The normalized spacial score (nSPS) is 17.7. The minimum atomic E-state index is -0.861. The molecule has 1 saturated heterocycles. The molecule has 0 aromatic heterocycles. The lowest BCUT2D eigenvalue weighted by Crippen LogP contribution is -2.55. The van der Waals surface area contributed by atoms with Gasteiger partial charge in [-0.25, -0.2) is 0 Å². The number of carbonyl (C=O) groups is 3. The van der Waals surface area contributed by atoms with Gasteiger partial charge < -0.3 is 26.4 Å². The molecule has 3 atom stereocenters. The molecule has 0 aliphatic carbocycles. The van der Waals surface area contributed by atoms with Gasteiger partial charge in [-0.1, -0.05) is 56.3 Å². The fourth-order valence-electron chi connectivity index (χ4n) is 4.14. The van der Waals surface area contributed by atoms with Gasteiger partial charge in [-0.3, -0.25) is 14.4 Å². The molecule has 1 unspecified atom stereocenters. The number of amides is 3. The molecular weight excluding hydrogens is 420 g/mol. The van der Waals surface area contributed by atoms with Gasteiger partial charge in [0, 0.05) is 32.0 Å². The molecule has 0 bridgehead atoms. The van der Waals surface area contributed by atoms with Crippen LogP contribution >= 0.6 is 0 Å². The molecule has 2 aromatic carbocycles. The van der Waals surface area contributed by atoms with E-state index in [1.54, 1.807) is 4.90 Å². The van der Waals surface area contributed by atoms with Gasteiger partial charge in [0.2, 0.25) is 17.7 Å². The third-order valence-corrected chi connectivity index (χ3v) is 6.00. The third kappa shape index (κ3) is 6.30. The fourth-order valence-corrected chi connectivity index (χ4v) is 4.14. The van der Waals surface area contributed by atoms with E-state index in [4.69, 9.17) is 5.73 Å². The number of nitrogens with two attached hydrogens (primary N) is 1. The standard InChI is InChI=1S/C25H34N4O4/c1-16(2)25(33)29-11-5-8-22(29)24(32)28-21(23(31)27-15-20(30)14-26)13-17-9-10-18-6-3-4-7-19(18)12-17/h3-4,6-7,9-10,12,16,20-22,30H,5,8,11,13-15,26H2,1-2H3,(H,27,31)(H,28,32)/t20?,21-,22+/m1/s1. The van der Waals surface area contributed by atoms with Crippen LogP contribution < -0.4 is 16.4 Å². The van der Waals surface area contributed by atoms with Crippen LogP contribution in [-0.4, -0.2) is 65.5 Å². The zero-order valence-corrected chi connectivity index (χ0v) is 19.3. The molecule has 0 spiro atoms. The van der Waals surface area contributed by atoms with Crippen LogP contribution in [0.2, 0.25) is 0 Å². The molecule has 0 radical (unpaired) electrons. The van der Waals surface area contributed by atoms with Gasteiger partial charge in [-0.15, -0.1) is 0 Å². The van der Waals surface area contributed by atoms with Crippen LogP contribution in [0.3, 0.4) is 0 Å². The van der Waals surface area contributed by atoms with Crippen LogP contribution in [-0.2, 0) is 20.8 Å². The van der Waals surface area contributed by atoms with Crippen molar-refractivity contribution in [3.05, 3.63) is 48.0 Å². The zero-order chi connectivity index (χ0) is 24.0. The maximum Gasteiger partial charge on any atom is 0.243 e. The number of aliphatic hydroxyl groups is 1. The second-order valence-electron chi connectivity index (χ2n) is 8.93. The van der Waals surface area contributed by atoms with Crippen molar-refractivity contribution in [2.75, 3.05) is 19.6 Å². The lowest BCUT2D eigenvalue weighted by Gasteiger charge is -2.27. The second-order valence-corrected chi connectivity index (χ2v) is 8.93. The quantitative estimate of drug-likeness (QED) is 0.449. The molecule has 1 fully saturated rings. The number of fused-ring (bicyclic) bond motifs is 1. The Bertz CT molecular complexity index is 993. The first-order valence-electron chi connectivity index (χ1n) is 11.5. The van der Waals surface area contributed by atoms with Crippen LogP contribution in [0.15, 0.2) is 42.5 Å². The SMILES string of the molecule is CC(C)C(=O)N1CCC[C@H]1C(=O)N[C@H](Cc1ccc2ccccc2c1)C(=O)NCC(O)CN. The first-order valence-corrected chi connectivity index (χ1v) is 11.5. The average Bonchev–Trinajstić information content (AvgIpc) is 3.31. The Morgan fingerprint density at radius 2 is 1.88 bits per heavy atom. The van der Waals surface area contributed by atoms with Gasteiger partial charge in [-0.05, 0) is 29.2 Å². The molecule has 8 nitrogen and oxygen atoms in total. The highest BCUT2D eigenvalue weighted by Gasteiger charge is 2.36. The van der Waals surface area contributed by atoms with E-state index >= 15 is 0 Å². The number of nitrogens with zero attached hydrogens (tertiary/aromatic N) is 1. The van der Waals surface area contributed by atoms with E-state index in [1.165, 1.54) is 0 Å². The molecule has 178 valence electrons. The molecular formula is C25H34N4O4. The van der Waals surface area contributed by atoms with Gasteiger partial charge >= 0.3 is 0 Å². The van der Waals surface area contributed by atoms with E-state index < -0.39 is 24.1 Å². The van der Waals surface area contributed by atoms with Crippen molar-refractivity contribution >= 4 is 28.5 Å². The van der Waals surface area contributed by atoms with Crippen molar-refractivity contribution in [3.8, 4) is 0 Å². The summed E-state index contributed by atoms with van der Waals surface area (Å²) < 4.78 is 0. The van der Waals surface area contributed by atoms with Gasteiger partial charge in [0.15, 0.2) is 0 Å². The monoisotopic (exact) mass is 454 g/mol. The first-order chi connectivity index (χ1) is 15.8. The summed E-state index contributed by atoms with van der Waals surface area (Å²) in [6, 6.07) is 12.4. The van der Waals surface area contributed by atoms with Gasteiger partial charge in [0.25, 0.3) is 0 Å². The molecule has 8 heteroatoms. The Hall–Kier alpha value is -2.97. The number of rotatable bonds is 9. The summed E-state index contributed by atoms with van der Waals surface area (Å²) >= 11 is 0. The minimum absolute atomic E-state index is 0.000807. The van der Waals surface area contributed by atoms with E-state index in [9.17, 15) is 19.5 Å². The summed E-state index contributed by atoms with van der Waals surface area (Å²) in [5.74, 6) is -0.993. The number of carbonyl (C=O) groups excluding carboxylic acids is 3. The van der Waals surface area contributed by atoms with E-state index in [-0.39, 0.29) is 37.2 Å². The molecule has 0 saturated carbocycles. The Morgan fingerprint density at radius 1 is 1.15 bits per heavy atom. The Balaban J connectivity index is 1.77. The van der Waals surface area contributed by atoms with Crippen molar-refractivity contribution < 1.29 is 19.5 Å². The molecule has 2 aromatic rings. The molecule has 3 amide bonds. The van der Waals surface area contributed by atoms with Gasteiger partial charge in [0.1, 0.15) is 12.1 Å². The Kier molecular flexibility index (Phi) is 8.41. The summed E-state index contributed by atoms with van der Waals surface area (Å²) in [6.45, 7) is 4.19. The largest absolute Gasteiger partial charge is 0.390 e. The molecule has 5 N–H and O–H groups in total. The summed E-state index contributed by atoms with van der Waals surface area (Å²) in [6.07, 6.45) is 0.743. The lowest BCUT2D eigenvalue weighted by atomic mass is 10.0. The summed E-state index contributed by atoms with van der Waals surface area (Å²) in [4.78, 5) is 40.2. The molecule has 3 rings (SSSR count). The van der Waals surface area contributed by atoms with Crippen molar-refractivity contribution in [3.63, 3.8) is 0 Å². The number of likely N-dealkylation sites (tertiary alicyclic amines) is 1. The van der Waals surface area contributed by atoms with Crippen molar-refractivity contribution in [1.82, 2.24) is 15.5 Å². The number of nitrogens with one attached hydrogen (secondary N) is 2. The zero-order valence-electron chi connectivity index (χ0n) is 19.3. The van der Waals surface area contributed by atoms with Crippen LogP contribution in [0.25, 0.3) is 10.8 Å². The van der Waals surface area contributed by atoms with E-state index in [0.29, 0.717) is 13.0 Å². The topological polar surface area (TPSA) is 125 Å². The van der Waals surface area contributed by atoms with Crippen LogP contribution in [0, 0.1) is 5.92 Å². The van der Waals surface area contributed by atoms with E-state index in [2.05, 4.69) is 10.6 Å². The van der Waals surface area contributed by atoms with Crippen LogP contribution in [0.5, 0.6) is 0 Å². The smallest absolute Gasteiger partial charge is 0.243 e. The van der Waals surface area contributed by atoms with E-state index in [0.717, 1.165) is 22.8 Å².